The number of nitrogen functional groups attached to an aromatic ring is 1. The van der Waals surface area contributed by atoms with Crippen molar-refractivity contribution < 1.29 is 19.1 Å². The van der Waals surface area contributed by atoms with Crippen LogP contribution in [-0.2, 0) is 4.74 Å². The molecule has 1 amide bonds. The molecule has 7 nitrogen and oxygen atoms in total. The summed E-state index contributed by atoms with van der Waals surface area (Å²) < 4.78 is 11.1. The Kier molecular flexibility index (Phi) is 10.4. The molecule has 8 heteroatoms. The number of hydrogen-bond acceptors (Lipinski definition) is 6. The molecule has 1 aliphatic heterocycles. The number of nitrogens with two attached hydrogens (primary N) is 1. The van der Waals surface area contributed by atoms with E-state index in [2.05, 4.69) is 10.2 Å². The molecule has 1 saturated heterocycles. The van der Waals surface area contributed by atoms with Gasteiger partial charge in [-0.3, -0.25) is 9.59 Å². The van der Waals surface area contributed by atoms with Crippen molar-refractivity contribution in [1.29, 1.82) is 0 Å². The molecule has 2 atom stereocenters. The first-order valence-electron chi connectivity index (χ1n) is 12.2. The molecule has 3 rings (SSSR count). The number of ketones is 1. The van der Waals surface area contributed by atoms with Crippen LogP contribution >= 0.6 is 11.6 Å². The van der Waals surface area contributed by atoms with E-state index in [-0.39, 0.29) is 23.7 Å². The van der Waals surface area contributed by atoms with Gasteiger partial charge in [-0.1, -0.05) is 48.4 Å². The number of nitrogens with one attached hydrogen (secondary N) is 1. The number of anilines is 1. The molecule has 0 radical (unpaired) electrons. The van der Waals surface area contributed by atoms with Gasteiger partial charge in [-0.05, 0) is 38.4 Å². The standard InChI is InChI=1S/C27H36ClN3O4/c1-34-25-16-23(29)22(28)15-21(25)27(33)30-17-20-12-14-31(18-26(20)35-2)13-8-4-7-11-24(32)19-9-5-3-6-10-19/h3,5-6,9-10,15-16,20,26H,4,7-8,11-14,17-18,29H2,1-2H3,(H,30,33). The topological polar surface area (TPSA) is 93.9 Å². The largest absolute Gasteiger partial charge is 0.496 e. The van der Waals surface area contributed by atoms with Gasteiger partial charge in [0.05, 0.1) is 29.5 Å². The van der Waals surface area contributed by atoms with Gasteiger partial charge in [-0.2, -0.15) is 0 Å². The second kappa shape index (κ2) is 13.5. The second-order valence-electron chi connectivity index (χ2n) is 9.01. The molecular weight excluding hydrogens is 466 g/mol. The van der Waals surface area contributed by atoms with Crippen molar-refractivity contribution in [3.05, 3.63) is 58.6 Å². The summed E-state index contributed by atoms with van der Waals surface area (Å²) in [5.41, 5.74) is 7.34. The first kappa shape index (κ1) is 27.0. The third kappa shape index (κ3) is 7.69. The van der Waals surface area contributed by atoms with Gasteiger partial charge in [0.15, 0.2) is 5.78 Å². The number of methoxy groups -OCH3 is 2. The number of carbonyl (C=O) groups is 2. The number of rotatable bonds is 12. The fraction of sp³-hybridized carbons (Fsp3) is 0.481. The maximum Gasteiger partial charge on any atom is 0.255 e. The van der Waals surface area contributed by atoms with Crippen LogP contribution < -0.4 is 15.8 Å². The van der Waals surface area contributed by atoms with Crippen molar-refractivity contribution in [1.82, 2.24) is 10.2 Å². The van der Waals surface area contributed by atoms with E-state index in [1.807, 2.05) is 30.3 Å². The molecule has 0 spiro atoms. The van der Waals surface area contributed by atoms with E-state index < -0.39 is 0 Å². The Bertz CT molecular complexity index is 986. The van der Waals surface area contributed by atoms with Crippen LogP contribution in [0, 0.1) is 5.92 Å². The minimum Gasteiger partial charge on any atom is -0.496 e. The number of likely N-dealkylation sites (tertiary alicyclic amines) is 1. The van der Waals surface area contributed by atoms with Crippen LogP contribution in [-0.4, -0.2) is 63.1 Å². The lowest BCUT2D eigenvalue weighted by Gasteiger charge is -2.38. The van der Waals surface area contributed by atoms with Crippen LogP contribution in [0.5, 0.6) is 5.75 Å². The fourth-order valence-corrected chi connectivity index (χ4v) is 4.70. The maximum absolute atomic E-state index is 12.8. The molecule has 0 aromatic heterocycles. The molecule has 2 aromatic rings. The number of benzene rings is 2. The van der Waals surface area contributed by atoms with Crippen molar-refractivity contribution in [2.24, 2.45) is 5.92 Å². The first-order chi connectivity index (χ1) is 16.9. The average Bonchev–Trinajstić information content (AvgIpc) is 2.88. The smallest absolute Gasteiger partial charge is 0.255 e. The molecule has 1 fully saturated rings. The van der Waals surface area contributed by atoms with Crippen LogP contribution in [0.4, 0.5) is 5.69 Å². The minimum absolute atomic E-state index is 0.0422. The lowest BCUT2D eigenvalue weighted by atomic mass is 9.93. The number of piperidine rings is 1. The Labute approximate surface area is 212 Å². The average molecular weight is 502 g/mol. The summed E-state index contributed by atoms with van der Waals surface area (Å²) in [6, 6.07) is 12.6. The summed E-state index contributed by atoms with van der Waals surface area (Å²) in [6.45, 7) is 3.29. The van der Waals surface area contributed by atoms with E-state index in [0.29, 0.717) is 35.0 Å². The van der Waals surface area contributed by atoms with Crippen molar-refractivity contribution >= 4 is 29.0 Å². The number of hydrogen-bond donors (Lipinski definition) is 2. The molecule has 2 unspecified atom stereocenters. The maximum atomic E-state index is 12.8. The van der Waals surface area contributed by atoms with Crippen LogP contribution in [0.3, 0.4) is 0 Å². The molecular formula is C27H36ClN3O4. The zero-order valence-electron chi connectivity index (χ0n) is 20.6. The SMILES string of the molecule is COc1cc(N)c(Cl)cc1C(=O)NCC1CCN(CCCCCC(=O)c2ccccc2)CC1OC. The highest BCUT2D eigenvalue weighted by Crippen LogP contribution is 2.29. The van der Waals surface area contributed by atoms with Crippen molar-refractivity contribution in [2.45, 2.75) is 38.2 Å². The highest BCUT2D eigenvalue weighted by molar-refractivity contribution is 6.33. The summed E-state index contributed by atoms with van der Waals surface area (Å²) in [6.07, 6.45) is 4.56. The second-order valence-corrected chi connectivity index (χ2v) is 9.41. The highest BCUT2D eigenvalue weighted by atomic mass is 35.5. The van der Waals surface area contributed by atoms with E-state index in [4.69, 9.17) is 26.8 Å². The van der Waals surface area contributed by atoms with Gasteiger partial charge >= 0.3 is 0 Å². The molecule has 3 N–H and O–H groups in total. The summed E-state index contributed by atoms with van der Waals surface area (Å²) >= 11 is 6.10. The highest BCUT2D eigenvalue weighted by Gasteiger charge is 2.29. The summed E-state index contributed by atoms with van der Waals surface area (Å²) in [5, 5.41) is 3.33. The van der Waals surface area contributed by atoms with Crippen LogP contribution in [0.2, 0.25) is 5.02 Å². The van der Waals surface area contributed by atoms with Gasteiger partial charge in [0, 0.05) is 44.2 Å². The van der Waals surface area contributed by atoms with E-state index in [1.165, 1.54) is 13.2 Å². The van der Waals surface area contributed by atoms with Gasteiger partial charge in [0.1, 0.15) is 5.75 Å². The molecule has 0 aliphatic carbocycles. The lowest BCUT2D eigenvalue weighted by Crippen LogP contribution is -2.48. The predicted octanol–water partition coefficient (Wildman–Crippen LogP) is 4.44. The van der Waals surface area contributed by atoms with Crippen LogP contribution in [0.25, 0.3) is 0 Å². The third-order valence-electron chi connectivity index (χ3n) is 6.64. The zero-order chi connectivity index (χ0) is 25.2. The number of nitrogens with zero attached hydrogens (tertiary/aromatic N) is 1. The molecule has 1 heterocycles. The van der Waals surface area contributed by atoms with E-state index >= 15 is 0 Å². The number of ether oxygens (including phenoxy) is 2. The fourth-order valence-electron chi connectivity index (χ4n) is 4.53. The summed E-state index contributed by atoms with van der Waals surface area (Å²) in [7, 11) is 3.22. The van der Waals surface area contributed by atoms with Crippen molar-refractivity contribution in [2.75, 3.05) is 46.1 Å². The Hall–Kier alpha value is -2.61. The van der Waals surface area contributed by atoms with E-state index in [9.17, 15) is 9.59 Å². The number of amides is 1. The minimum atomic E-state index is -0.244. The number of Topliss-reactive ketones (excluding diaryl/α,β-unsaturated/α-hetero) is 1. The molecule has 2 aromatic carbocycles. The van der Waals surface area contributed by atoms with Gasteiger partial charge in [0.2, 0.25) is 0 Å². The first-order valence-corrected chi connectivity index (χ1v) is 12.5. The molecule has 0 bridgehead atoms. The van der Waals surface area contributed by atoms with Gasteiger partial charge in [-0.25, -0.2) is 0 Å². The third-order valence-corrected chi connectivity index (χ3v) is 6.97. The molecule has 190 valence electrons. The normalized spacial score (nSPS) is 18.3. The quantitative estimate of drug-likeness (QED) is 0.254. The monoisotopic (exact) mass is 501 g/mol. The van der Waals surface area contributed by atoms with Crippen molar-refractivity contribution in [3.63, 3.8) is 0 Å². The predicted molar refractivity (Wildman–Crippen MR) is 139 cm³/mol. The summed E-state index contributed by atoms with van der Waals surface area (Å²) in [5.74, 6) is 0.588. The van der Waals surface area contributed by atoms with Crippen LogP contribution in [0.15, 0.2) is 42.5 Å². The van der Waals surface area contributed by atoms with Gasteiger partial charge in [-0.15, -0.1) is 0 Å². The van der Waals surface area contributed by atoms with Crippen LogP contribution in [0.1, 0.15) is 52.8 Å². The number of halogens is 1. The van der Waals surface area contributed by atoms with E-state index in [0.717, 1.165) is 50.9 Å². The number of carbonyl (C=O) groups excluding carboxylic acids is 2. The molecule has 35 heavy (non-hydrogen) atoms. The number of unbranched alkanes of at least 4 members (excludes halogenated alkanes) is 2. The molecule has 0 saturated carbocycles. The van der Waals surface area contributed by atoms with Gasteiger partial charge in [0.25, 0.3) is 5.91 Å². The van der Waals surface area contributed by atoms with Crippen molar-refractivity contribution in [3.8, 4) is 5.75 Å². The Morgan fingerprint density at radius 1 is 1.14 bits per heavy atom. The lowest BCUT2D eigenvalue weighted by molar-refractivity contribution is -0.0107. The zero-order valence-corrected chi connectivity index (χ0v) is 21.4. The molecule has 1 aliphatic rings. The Morgan fingerprint density at radius 3 is 2.63 bits per heavy atom. The van der Waals surface area contributed by atoms with Gasteiger partial charge < -0.3 is 25.4 Å². The Morgan fingerprint density at radius 2 is 1.91 bits per heavy atom. The van der Waals surface area contributed by atoms with E-state index in [1.54, 1.807) is 13.2 Å². The Balaban J connectivity index is 1.39. The summed E-state index contributed by atoms with van der Waals surface area (Å²) in [4.78, 5) is 27.4.